The molecule has 1 atom stereocenters. The molecule has 0 saturated carbocycles. The van der Waals surface area contributed by atoms with Gasteiger partial charge in [0.05, 0.1) is 17.8 Å². The zero-order valence-corrected chi connectivity index (χ0v) is 12.3. The highest BCUT2D eigenvalue weighted by atomic mass is 32.1. The third-order valence-electron chi connectivity index (χ3n) is 3.02. The van der Waals surface area contributed by atoms with Crippen LogP contribution >= 0.6 is 11.3 Å². The van der Waals surface area contributed by atoms with Crippen molar-refractivity contribution in [1.29, 1.82) is 0 Å². The number of carbonyl (C=O) groups is 1. The summed E-state index contributed by atoms with van der Waals surface area (Å²) in [6, 6.07) is 2.96. The SMILES string of the molecule is Cc1cc(C(C)NC(=O)c2cc(F)cnc2N)c(C)s1. The van der Waals surface area contributed by atoms with Gasteiger partial charge in [-0.3, -0.25) is 4.79 Å². The zero-order valence-electron chi connectivity index (χ0n) is 11.5. The number of nitrogen functional groups attached to an aromatic ring is 1. The fourth-order valence-corrected chi connectivity index (χ4v) is 3.09. The number of aromatic nitrogens is 1. The molecule has 2 rings (SSSR count). The predicted octanol–water partition coefficient (Wildman–Crippen LogP) is 2.97. The summed E-state index contributed by atoms with van der Waals surface area (Å²) < 4.78 is 13.1. The van der Waals surface area contributed by atoms with Gasteiger partial charge in [-0.15, -0.1) is 11.3 Å². The Balaban J connectivity index is 2.19. The van der Waals surface area contributed by atoms with Gasteiger partial charge >= 0.3 is 0 Å². The number of anilines is 1. The monoisotopic (exact) mass is 293 g/mol. The van der Waals surface area contributed by atoms with E-state index < -0.39 is 11.7 Å². The Kier molecular flexibility index (Phi) is 4.04. The lowest BCUT2D eigenvalue weighted by molar-refractivity contribution is 0.0940. The van der Waals surface area contributed by atoms with Gasteiger partial charge in [-0.2, -0.15) is 0 Å². The van der Waals surface area contributed by atoms with Gasteiger partial charge in [0.15, 0.2) is 0 Å². The van der Waals surface area contributed by atoms with Gasteiger partial charge in [0.1, 0.15) is 11.6 Å². The number of hydrogen-bond donors (Lipinski definition) is 2. The Morgan fingerprint density at radius 1 is 1.45 bits per heavy atom. The normalized spacial score (nSPS) is 12.2. The maximum Gasteiger partial charge on any atom is 0.255 e. The number of halogens is 1. The topological polar surface area (TPSA) is 68.0 Å². The number of pyridine rings is 1. The van der Waals surface area contributed by atoms with E-state index in [9.17, 15) is 9.18 Å². The summed E-state index contributed by atoms with van der Waals surface area (Å²) in [5, 5.41) is 2.82. The van der Waals surface area contributed by atoms with E-state index in [1.165, 1.54) is 4.88 Å². The minimum atomic E-state index is -0.584. The molecule has 0 spiro atoms. The van der Waals surface area contributed by atoms with Gasteiger partial charge in [-0.25, -0.2) is 9.37 Å². The van der Waals surface area contributed by atoms with E-state index in [-0.39, 0.29) is 17.4 Å². The molecule has 2 aromatic rings. The number of nitrogens with one attached hydrogen (secondary N) is 1. The van der Waals surface area contributed by atoms with E-state index in [0.717, 1.165) is 22.7 Å². The molecule has 0 bridgehead atoms. The molecule has 0 fully saturated rings. The first-order valence-electron chi connectivity index (χ1n) is 6.17. The second kappa shape index (κ2) is 5.58. The molecule has 6 heteroatoms. The molecular formula is C14H16FN3OS. The van der Waals surface area contributed by atoms with Crippen LogP contribution in [0.2, 0.25) is 0 Å². The number of thiophene rings is 1. The minimum Gasteiger partial charge on any atom is -0.383 e. The van der Waals surface area contributed by atoms with Crippen LogP contribution in [0.4, 0.5) is 10.2 Å². The third-order valence-corrected chi connectivity index (χ3v) is 4.00. The highest BCUT2D eigenvalue weighted by molar-refractivity contribution is 7.12. The number of carbonyl (C=O) groups excluding carboxylic acids is 1. The van der Waals surface area contributed by atoms with Gasteiger partial charge < -0.3 is 11.1 Å². The van der Waals surface area contributed by atoms with Gasteiger partial charge in [0.25, 0.3) is 5.91 Å². The number of aryl methyl sites for hydroxylation is 2. The lowest BCUT2D eigenvalue weighted by Gasteiger charge is -2.14. The van der Waals surface area contributed by atoms with Crippen LogP contribution in [-0.4, -0.2) is 10.9 Å². The van der Waals surface area contributed by atoms with Crippen LogP contribution in [0.1, 0.15) is 38.6 Å². The van der Waals surface area contributed by atoms with Crippen molar-refractivity contribution in [3.05, 3.63) is 45.0 Å². The highest BCUT2D eigenvalue weighted by Gasteiger charge is 2.17. The molecular weight excluding hydrogens is 277 g/mol. The van der Waals surface area contributed by atoms with Crippen molar-refractivity contribution in [2.75, 3.05) is 5.73 Å². The van der Waals surface area contributed by atoms with E-state index in [4.69, 9.17) is 5.73 Å². The van der Waals surface area contributed by atoms with Gasteiger partial charge in [-0.1, -0.05) is 0 Å². The minimum absolute atomic E-state index is 0.0225. The predicted molar refractivity (Wildman–Crippen MR) is 78.3 cm³/mol. The van der Waals surface area contributed by atoms with E-state index in [2.05, 4.69) is 10.3 Å². The molecule has 0 aliphatic rings. The first-order chi connectivity index (χ1) is 9.38. The number of nitrogens with zero attached hydrogens (tertiary/aromatic N) is 1. The molecule has 0 aliphatic carbocycles. The van der Waals surface area contributed by atoms with Crippen molar-refractivity contribution in [1.82, 2.24) is 10.3 Å². The largest absolute Gasteiger partial charge is 0.383 e. The van der Waals surface area contributed by atoms with Crippen molar-refractivity contribution in [3.63, 3.8) is 0 Å². The Bertz CT molecular complexity index is 654. The summed E-state index contributed by atoms with van der Waals surface area (Å²) in [4.78, 5) is 18.1. The van der Waals surface area contributed by atoms with E-state index in [1.54, 1.807) is 11.3 Å². The van der Waals surface area contributed by atoms with Crippen molar-refractivity contribution in [2.45, 2.75) is 26.8 Å². The van der Waals surface area contributed by atoms with Crippen LogP contribution in [0.25, 0.3) is 0 Å². The van der Waals surface area contributed by atoms with Crippen molar-refractivity contribution in [3.8, 4) is 0 Å². The van der Waals surface area contributed by atoms with Crippen LogP contribution in [0.3, 0.4) is 0 Å². The Labute approximate surface area is 120 Å². The molecule has 1 unspecified atom stereocenters. The molecule has 3 N–H and O–H groups in total. The van der Waals surface area contributed by atoms with Crippen LogP contribution in [0.15, 0.2) is 18.3 Å². The van der Waals surface area contributed by atoms with Gasteiger partial charge in [0, 0.05) is 9.75 Å². The first kappa shape index (κ1) is 14.5. The van der Waals surface area contributed by atoms with Crippen LogP contribution < -0.4 is 11.1 Å². The van der Waals surface area contributed by atoms with Crippen molar-refractivity contribution >= 4 is 23.1 Å². The second-order valence-corrected chi connectivity index (χ2v) is 6.11. The first-order valence-corrected chi connectivity index (χ1v) is 6.99. The molecule has 2 heterocycles. The average Bonchev–Trinajstić information content (AvgIpc) is 2.71. The zero-order chi connectivity index (χ0) is 14.9. The third kappa shape index (κ3) is 2.96. The summed E-state index contributed by atoms with van der Waals surface area (Å²) in [6.45, 7) is 5.91. The quantitative estimate of drug-likeness (QED) is 0.914. The fraction of sp³-hybridized carbons (Fsp3) is 0.286. The fourth-order valence-electron chi connectivity index (χ4n) is 2.06. The molecule has 1 amide bonds. The van der Waals surface area contributed by atoms with Crippen molar-refractivity contribution in [2.24, 2.45) is 0 Å². The van der Waals surface area contributed by atoms with E-state index in [1.807, 2.05) is 26.8 Å². The maximum atomic E-state index is 13.1. The standard InChI is InChI=1S/C14H16FN3OS/c1-7-4-11(9(3)20-7)8(2)18-14(19)12-5-10(15)6-17-13(12)16/h4-6,8H,1-3H3,(H2,16,17)(H,18,19). The average molecular weight is 293 g/mol. The summed E-state index contributed by atoms with van der Waals surface area (Å²) in [5.41, 5.74) is 6.72. The Hall–Kier alpha value is -1.95. The number of rotatable bonds is 3. The molecule has 0 aromatic carbocycles. The van der Waals surface area contributed by atoms with Crippen molar-refractivity contribution < 1.29 is 9.18 Å². The number of hydrogen-bond acceptors (Lipinski definition) is 4. The summed E-state index contributed by atoms with van der Waals surface area (Å²) in [5.74, 6) is -0.987. The Morgan fingerprint density at radius 2 is 2.15 bits per heavy atom. The summed E-state index contributed by atoms with van der Waals surface area (Å²) in [7, 11) is 0. The van der Waals surface area contributed by atoms with Gasteiger partial charge in [-0.05, 0) is 38.5 Å². The molecule has 4 nitrogen and oxygen atoms in total. The molecule has 0 saturated heterocycles. The summed E-state index contributed by atoms with van der Waals surface area (Å²) in [6.07, 6.45) is 0.988. The van der Waals surface area contributed by atoms with Crippen LogP contribution in [0.5, 0.6) is 0 Å². The molecule has 0 radical (unpaired) electrons. The maximum absolute atomic E-state index is 13.1. The highest BCUT2D eigenvalue weighted by Crippen LogP contribution is 2.26. The lowest BCUT2D eigenvalue weighted by Crippen LogP contribution is -2.27. The smallest absolute Gasteiger partial charge is 0.255 e. The van der Waals surface area contributed by atoms with E-state index >= 15 is 0 Å². The second-order valence-electron chi connectivity index (χ2n) is 4.65. The van der Waals surface area contributed by atoms with Gasteiger partial charge in [0.2, 0.25) is 0 Å². The molecule has 0 aliphatic heterocycles. The lowest BCUT2D eigenvalue weighted by atomic mass is 10.1. The molecule has 106 valence electrons. The van der Waals surface area contributed by atoms with Crippen LogP contribution in [0, 0.1) is 19.7 Å². The number of amides is 1. The number of nitrogens with two attached hydrogens (primary N) is 1. The molecule has 20 heavy (non-hydrogen) atoms. The summed E-state index contributed by atoms with van der Waals surface area (Å²) >= 11 is 1.68. The van der Waals surface area contributed by atoms with Crippen LogP contribution in [-0.2, 0) is 0 Å². The Morgan fingerprint density at radius 3 is 2.75 bits per heavy atom. The molecule has 2 aromatic heterocycles. The van der Waals surface area contributed by atoms with E-state index in [0.29, 0.717) is 0 Å².